The van der Waals surface area contributed by atoms with E-state index in [0.717, 1.165) is 5.56 Å². The molecule has 0 bridgehead atoms. The van der Waals surface area contributed by atoms with E-state index in [-0.39, 0.29) is 12.4 Å². The summed E-state index contributed by atoms with van der Waals surface area (Å²) in [4.78, 5) is 12.3. The van der Waals surface area contributed by atoms with Crippen LogP contribution in [-0.4, -0.2) is 33.7 Å². The Morgan fingerprint density at radius 3 is 2.15 bits per heavy atom. The molecule has 6 heteroatoms. The van der Waals surface area contributed by atoms with Crippen LogP contribution in [0.25, 0.3) is 6.08 Å². The smallest absolute Gasteiger partial charge is 0.203 e. The summed E-state index contributed by atoms with van der Waals surface area (Å²) < 4.78 is 21.0. The van der Waals surface area contributed by atoms with E-state index in [9.17, 15) is 4.79 Å². The molecule has 0 heterocycles. The molecule has 0 spiro atoms. The zero-order chi connectivity index (χ0) is 18.9. The van der Waals surface area contributed by atoms with Crippen LogP contribution >= 0.6 is 0 Å². The van der Waals surface area contributed by atoms with Gasteiger partial charge >= 0.3 is 0 Å². The first-order valence-electron chi connectivity index (χ1n) is 7.75. The van der Waals surface area contributed by atoms with Crippen molar-refractivity contribution in [2.45, 2.75) is 0 Å². The summed E-state index contributed by atoms with van der Waals surface area (Å²) in [5.41, 5.74) is 1.25. The predicted molar refractivity (Wildman–Crippen MR) is 97.0 cm³/mol. The maximum absolute atomic E-state index is 12.3. The van der Waals surface area contributed by atoms with Crippen molar-refractivity contribution in [2.24, 2.45) is 0 Å². The maximum atomic E-state index is 12.3. The third-order valence-corrected chi connectivity index (χ3v) is 3.56. The van der Waals surface area contributed by atoms with Crippen LogP contribution in [0.3, 0.4) is 0 Å². The summed E-state index contributed by atoms with van der Waals surface area (Å²) in [6.45, 7) is -0.0334. The summed E-state index contributed by atoms with van der Waals surface area (Å²) in [5.74, 6) is 1.89. The van der Waals surface area contributed by atoms with Gasteiger partial charge in [-0.25, -0.2) is 0 Å². The van der Waals surface area contributed by atoms with Gasteiger partial charge in [-0.15, -0.1) is 0 Å². The lowest BCUT2D eigenvalue weighted by Crippen LogP contribution is -1.97. The molecule has 0 radical (unpaired) electrons. The lowest BCUT2D eigenvalue weighted by atomic mass is 10.1. The minimum atomic E-state index is -0.161. The standard InChI is InChI=1S/C20H19NO5/c1-23-18-12-14(13-19(24-2)20(18)25-3)4-9-17(22)15-5-7-16(8-6-15)26-11-10-21/h4-9,12-13H,11H2,1-3H3/b9-4+. The van der Waals surface area contributed by atoms with Crippen LogP contribution in [0.1, 0.15) is 15.9 Å². The molecular formula is C20H19NO5. The summed E-state index contributed by atoms with van der Waals surface area (Å²) in [6.07, 6.45) is 3.14. The first-order chi connectivity index (χ1) is 12.6. The van der Waals surface area contributed by atoms with Gasteiger partial charge in [0, 0.05) is 5.56 Å². The first-order valence-corrected chi connectivity index (χ1v) is 7.75. The minimum Gasteiger partial charge on any atom is -0.493 e. The minimum absolute atomic E-state index is 0.0334. The van der Waals surface area contributed by atoms with Crippen molar-refractivity contribution in [3.63, 3.8) is 0 Å². The number of carbonyl (C=O) groups excluding carboxylic acids is 1. The third kappa shape index (κ3) is 4.54. The zero-order valence-electron chi connectivity index (χ0n) is 14.8. The molecule has 0 atom stereocenters. The van der Waals surface area contributed by atoms with E-state index in [0.29, 0.717) is 28.6 Å². The van der Waals surface area contributed by atoms with E-state index in [1.54, 1.807) is 42.5 Å². The van der Waals surface area contributed by atoms with Gasteiger partial charge in [0.15, 0.2) is 23.9 Å². The Morgan fingerprint density at radius 1 is 1.04 bits per heavy atom. The number of hydrogen-bond acceptors (Lipinski definition) is 6. The van der Waals surface area contributed by atoms with Gasteiger partial charge in [-0.1, -0.05) is 6.08 Å². The van der Waals surface area contributed by atoms with Crippen LogP contribution in [0, 0.1) is 11.3 Å². The van der Waals surface area contributed by atoms with Gasteiger partial charge in [-0.2, -0.15) is 5.26 Å². The van der Waals surface area contributed by atoms with Crippen molar-refractivity contribution in [3.05, 3.63) is 53.6 Å². The monoisotopic (exact) mass is 353 g/mol. The molecule has 6 nitrogen and oxygen atoms in total. The number of nitriles is 1. The molecule has 0 unspecified atom stereocenters. The highest BCUT2D eigenvalue weighted by molar-refractivity contribution is 6.06. The lowest BCUT2D eigenvalue weighted by Gasteiger charge is -2.12. The van der Waals surface area contributed by atoms with Crippen LogP contribution in [0.5, 0.6) is 23.0 Å². The second-order valence-electron chi connectivity index (χ2n) is 5.13. The molecule has 0 aliphatic heterocycles. The molecule has 26 heavy (non-hydrogen) atoms. The summed E-state index contributed by atoms with van der Waals surface area (Å²) in [6, 6.07) is 12.0. The van der Waals surface area contributed by atoms with Crippen LogP contribution in [-0.2, 0) is 0 Å². The number of ether oxygens (including phenoxy) is 4. The Morgan fingerprint density at radius 2 is 1.65 bits per heavy atom. The molecule has 0 saturated carbocycles. The fraction of sp³-hybridized carbons (Fsp3) is 0.200. The molecule has 2 rings (SSSR count). The molecule has 0 fully saturated rings. The fourth-order valence-electron chi connectivity index (χ4n) is 2.30. The first kappa shape index (κ1) is 18.9. The van der Waals surface area contributed by atoms with Gasteiger partial charge in [-0.3, -0.25) is 4.79 Å². The Balaban J connectivity index is 2.18. The van der Waals surface area contributed by atoms with Gasteiger partial charge < -0.3 is 18.9 Å². The SMILES string of the molecule is COc1cc(/C=C/C(=O)c2ccc(OCC#N)cc2)cc(OC)c1OC. The van der Waals surface area contributed by atoms with Gasteiger partial charge in [0.2, 0.25) is 5.75 Å². The number of methoxy groups -OCH3 is 3. The number of ketones is 1. The quantitative estimate of drug-likeness (QED) is 0.534. The summed E-state index contributed by atoms with van der Waals surface area (Å²) in [7, 11) is 4.60. The fourth-order valence-corrected chi connectivity index (χ4v) is 2.30. The van der Waals surface area contributed by atoms with Crippen molar-refractivity contribution in [2.75, 3.05) is 27.9 Å². The van der Waals surface area contributed by atoms with Gasteiger partial charge in [0.25, 0.3) is 0 Å². The Hall–Kier alpha value is -3.46. The van der Waals surface area contributed by atoms with Crippen LogP contribution in [0.2, 0.25) is 0 Å². The van der Waals surface area contributed by atoms with Gasteiger partial charge in [0.05, 0.1) is 21.3 Å². The van der Waals surface area contributed by atoms with E-state index in [1.807, 2.05) is 6.07 Å². The number of hydrogen-bond donors (Lipinski definition) is 0. The average molecular weight is 353 g/mol. The summed E-state index contributed by atoms with van der Waals surface area (Å²) in [5, 5.41) is 8.49. The van der Waals surface area contributed by atoms with E-state index >= 15 is 0 Å². The lowest BCUT2D eigenvalue weighted by molar-refractivity contribution is 0.104. The van der Waals surface area contributed by atoms with E-state index in [4.69, 9.17) is 24.2 Å². The molecular weight excluding hydrogens is 334 g/mol. The Kier molecular flexibility index (Phi) is 6.63. The van der Waals surface area contributed by atoms with Gasteiger partial charge in [0.1, 0.15) is 11.8 Å². The van der Waals surface area contributed by atoms with Crippen molar-refractivity contribution < 1.29 is 23.7 Å². The van der Waals surface area contributed by atoms with Crippen molar-refractivity contribution in [1.82, 2.24) is 0 Å². The third-order valence-electron chi connectivity index (χ3n) is 3.56. The molecule has 0 N–H and O–H groups in total. The predicted octanol–water partition coefficient (Wildman–Crippen LogP) is 3.51. The van der Waals surface area contributed by atoms with E-state index in [1.165, 1.54) is 27.4 Å². The highest BCUT2D eigenvalue weighted by atomic mass is 16.5. The number of allylic oxidation sites excluding steroid dienone is 1. The molecule has 2 aromatic rings. The van der Waals surface area contributed by atoms with Crippen LogP contribution < -0.4 is 18.9 Å². The topological polar surface area (TPSA) is 77.8 Å². The molecule has 0 amide bonds. The number of rotatable bonds is 8. The zero-order valence-corrected chi connectivity index (χ0v) is 14.8. The molecule has 0 saturated heterocycles. The normalized spacial score (nSPS) is 10.2. The highest BCUT2D eigenvalue weighted by Gasteiger charge is 2.12. The number of nitrogens with zero attached hydrogens (tertiary/aromatic N) is 1. The second kappa shape index (κ2) is 9.14. The molecule has 134 valence electrons. The number of carbonyl (C=O) groups is 1. The van der Waals surface area contributed by atoms with Crippen molar-refractivity contribution >= 4 is 11.9 Å². The molecule has 0 aromatic heterocycles. The van der Waals surface area contributed by atoms with E-state index in [2.05, 4.69) is 0 Å². The van der Waals surface area contributed by atoms with Crippen molar-refractivity contribution in [3.8, 4) is 29.1 Å². The Bertz CT molecular complexity index is 809. The highest BCUT2D eigenvalue weighted by Crippen LogP contribution is 2.38. The van der Waals surface area contributed by atoms with E-state index < -0.39 is 0 Å². The Labute approximate surface area is 152 Å². The molecule has 0 aliphatic rings. The van der Waals surface area contributed by atoms with Crippen LogP contribution in [0.4, 0.5) is 0 Å². The number of benzene rings is 2. The molecule has 2 aromatic carbocycles. The second-order valence-corrected chi connectivity index (χ2v) is 5.13. The maximum Gasteiger partial charge on any atom is 0.203 e. The van der Waals surface area contributed by atoms with Crippen molar-refractivity contribution in [1.29, 1.82) is 5.26 Å². The van der Waals surface area contributed by atoms with Crippen LogP contribution in [0.15, 0.2) is 42.5 Å². The summed E-state index contributed by atoms with van der Waals surface area (Å²) >= 11 is 0. The average Bonchev–Trinajstić information content (AvgIpc) is 2.69. The molecule has 0 aliphatic carbocycles. The largest absolute Gasteiger partial charge is 0.493 e. The van der Waals surface area contributed by atoms with Gasteiger partial charge in [-0.05, 0) is 48.0 Å².